The molecule has 1 N–H and O–H groups in total. The topological polar surface area (TPSA) is 30.5 Å². The van der Waals surface area contributed by atoms with E-state index in [4.69, 9.17) is 9.47 Å². The second-order valence-corrected chi connectivity index (χ2v) is 7.82. The minimum atomic E-state index is -0.0793. The van der Waals surface area contributed by atoms with E-state index in [-0.39, 0.29) is 11.2 Å². The summed E-state index contributed by atoms with van der Waals surface area (Å²) in [4.78, 5) is 0. The average molecular weight is 283 g/mol. The minimum absolute atomic E-state index is 0.0233. The van der Waals surface area contributed by atoms with Crippen LogP contribution in [0.2, 0.25) is 0 Å². The first kappa shape index (κ1) is 16.3. The van der Waals surface area contributed by atoms with Crippen LogP contribution >= 0.6 is 0 Å². The van der Waals surface area contributed by atoms with Crippen molar-refractivity contribution in [3.05, 3.63) is 0 Å². The Labute approximate surface area is 124 Å². The molecule has 0 radical (unpaired) electrons. The van der Waals surface area contributed by atoms with Crippen LogP contribution in [0.1, 0.15) is 67.2 Å². The predicted molar refractivity (Wildman–Crippen MR) is 83.0 cm³/mol. The van der Waals surface area contributed by atoms with Crippen molar-refractivity contribution in [2.75, 3.05) is 6.54 Å². The lowest BCUT2D eigenvalue weighted by Crippen LogP contribution is -2.51. The van der Waals surface area contributed by atoms with E-state index in [9.17, 15) is 0 Å². The van der Waals surface area contributed by atoms with Gasteiger partial charge in [-0.3, -0.25) is 0 Å². The van der Waals surface area contributed by atoms with Crippen molar-refractivity contribution in [3.63, 3.8) is 0 Å². The maximum Gasteiger partial charge on any atom is 0.0736 e. The van der Waals surface area contributed by atoms with Crippen LogP contribution in [-0.4, -0.2) is 36.0 Å². The standard InChI is InChI=1S/C17H33NO2/c1-7-10-18-15(14-9-8-12(2)19-14)13-11-16(3,4)20-17(13,5)6/h12-15,18H,7-11H2,1-6H3. The van der Waals surface area contributed by atoms with E-state index in [0.29, 0.717) is 24.2 Å². The van der Waals surface area contributed by atoms with Crippen LogP contribution in [0, 0.1) is 5.92 Å². The Morgan fingerprint density at radius 1 is 1.20 bits per heavy atom. The molecule has 0 aromatic carbocycles. The molecule has 0 bridgehead atoms. The quantitative estimate of drug-likeness (QED) is 0.837. The Morgan fingerprint density at radius 2 is 1.90 bits per heavy atom. The summed E-state index contributed by atoms with van der Waals surface area (Å²) in [6.07, 6.45) is 5.39. The van der Waals surface area contributed by atoms with Crippen LogP contribution in [-0.2, 0) is 9.47 Å². The monoisotopic (exact) mass is 283 g/mol. The number of hydrogen-bond donors (Lipinski definition) is 1. The van der Waals surface area contributed by atoms with Crippen molar-refractivity contribution in [3.8, 4) is 0 Å². The molecular formula is C17H33NO2. The van der Waals surface area contributed by atoms with E-state index >= 15 is 0 Å². The second-order valence-electron chi connectivity index (χ2n) is 7.82. The van der Waals surface area contributed by atoms with Gasteiger partial charge in [0, 0.05) is 12.0 Å². The van der Waals surface area contributed by atoms with Crippen molar-refractivity contribution in [2.45, 2.75) is 96.7 Å². The van der Waals surface area contributed by atoms with Crippen molar-refractivity contribution in [2.24, 2.45) is 5.92 Å². The maximum absolute atomic E-state index is 6.30. The maximum atomic E-state index is 6.30. The van der Waals surface area contributed by atoms with Crippen LogP contribution in [0.3, 0.4) is 0 Å². The SMILES string of the molecule is CCCNC(C1CCC(C)O1)C1CC(C)(C)OC1(C)C. The highest BCUT2D eigenvalue weighted by Crippen LogP contribution is 2.45. The average Bonchev–Trinajstić information content (AvgIpc) is 2.81. The number of ether oxygens (including phenoxy) is 2. The molecule has 3 nitrogen and oxygen atoms in total. The Bertz CT molecular complexity index is 327. The number of hydrogen-bond acceptors (Lipinski definition) is 3. The van der Waals surface area contributed by atoms with Crippen molar-refractivity contribution < 1.29 is 9.47 Å². The Kier molecular flexibility index (Phi) is 4.83. The van der Waals surface area contributed by atoms with Crippen LogP contribution in [0.4, 0.5) is 0 Å². The van der Waals surface area contributed by atoms with Gasteiger partial charge in [-0.2, -0.15) is 0 Å². The molecule has 2 heterocycles. The molecule has 2 aliphatic rings. The molecule has 0 saturated carbocycles. The fourth-order valence-electron chi connectivity index (χ4n) is 4.11. The molecule has 0 spiro atoms. The van der Waals surface area contributed by atoms with Gasteiger partial charge in [0.1, 0.15) is 0 Å². The van der Waals surface area contributed by atoms with E-state index in [2.05, 4.69) is 46.9 Å². The lowest BCUT2D eigenvalue weighted by atomic mass is 9.79. The molecule has 2 saturated heterocycles. The highest BCUT2D eigenvalue weighted by atomic mass is 16.5. The highest BCUT2D eigenvalue weighted by molar-refractivity contribution is 5.02. The Morgan fingerprint density at radius 3 is 2.35 bits per heavy atom. The fraction of sp³-hybridized carbons (Fsp3) is 1.00. The summed E-state index contributed by atoms with van der Waals surface area (Å²) in [7, 11) is 0. The zero-order chi connectivity index (χ0) is 15.0. The van der Waals surface area contributed by atoms with Gasteiger partial charge >= 0.3 is 0 Å². The summed E-state index contributed by atoms with van der Waals surface area (Å²) in [5.41, 5.74) is -0.103. The van der Waals surface area contributed by atoms with Gasteiger partial charge in [0.25, 0.3) is 0 Å². The molecule has 118 valence electrons. The molecule has 2 aliphatic heterocycles. The van der Waals surface area contributed by atoms with Gasteiger partial charge in [0.2, 0.25) is 0 Å². The summed E-state index contributed by atoms with van der Waals surface area (Å²) in [6, 6.07) is 0.414. The molecule has 4 atom stereocenters. The molecule has 4 unspecified atom stereocenters. The summed E-state index contributed by atoms with van der Waals surface area (Å²) in [5, 5.41) is 3.76. The van der Waals surface area contributed by atoms with Crippen molar-refractivity contribution >= 4 is 0 Å². The van der Waals surface area contributed by atoms with Gasteiger partial charge in [-0.25, -0.2) is 0 Å². The molecule has 3 heteroatoms. The van der Waals surface area contributed by atoms with Crippen LogP contribution < -0.4 is 5.32 Å². The van der Waals surface area contributed by atoms with Gasteiger partial charge in [-0.1, -0.05) is 6.92 Å². The van der Waals surface area contributed by atoms with E-state index in [0.717, 1.165) is 19.4 Å². The van der Waals surface area contributed by atoms with Crippen LogP contribution in [0.5, 0.6) is 0 Å². The van der Waals surface area contributed by atoms with E-state index in [1.54, 1.807) is 0 Å². The second kappa shape index (κ2) is 5.94. The molecule has 2 fully saturated rings. The van der Waals surface area contributed by atoms with Crippen LogP contribution in [0.15, 0.2) is 0 Å². The third kappa shape index (κ3) is 3.55. The molecular weight excluding hydrogens is 250 g/mol. The zero-order valence-electron chi connectivity index (χ0n) is 14.2. The first-order valence-electron chi connectivity index (χ1n) is 8.34. The zero-order valence-corrected chi connectivity index (χ0v) is 14.2. The summed E-state index contributed by atoms with van der Waals surface area (Å²) >= 11 is 0. The smallest absolute Gasteiger partial charge is 0.0736 e. The number of nitrogens with one attached hydrogen (secondary N) is 1. The Balaban J connectivity index is 2.13. The van der Waals surface area contributed by atoms with Gasteiger partial charge in [0.15, 0.2) is 0 Å². The van der Waals surface area contributed by atoms with Gasteiger partial charge in [-0.05, 0) is 66.8 Å². The third-order valence-corrected chi connectivity index (χ3v) is 4.87. The van der Waals surface area contributed by atoms with Gasteiger partial charge < -0.3 is 14.8 Å². The van der Waals surface area contributed by atoms with Crippen molar-refractivity contribution in [1.82, 2.24) is 5.32 Å². The molecule has 0 amide bonds. The van der Waals surface area contributed by atoms with E-state index in [1.165, 1.54) is 12.8 Å². The lowest BCUT2D eigenvalue weighted by Gasteiger charge is -2.36. The largest absolute Gasteiger partial charge is 0.374 e. The van der Waals surface area contributed by atoms with Gasteiger partial charge in [-0.15, -0.1) is 0 Å². The molecule has 0 aromatic rings. The van der Waals surface area contributed by atoms with E-state index in [1.807, 2.05) is 0 Å². The lowest BCUT2D eigenvalue weighted by molar-refractivity contribution is -0.0852. The molecule has 2 rings (SSSR count). The molecule has 0 aliphatic carbocycles. The normalized spacial score (nSPS) is 37.2. The van der Waals surface area contributed by atoms with E-state index < -0.39 is 0 Å². The highest BCUT2D eigenvalue weighted by Gasteiger charge is 2.51. The number of rotatable bonds is 5. The fourth-order valence-corrected chi connectivity index (χ4v) is 4.11. The summed E-state index contributed by atoms with van der Waals surface area (Å²) < 4.78 is 12.5. The molecule has 20 heavy (non-hydrogen) atoms. The minimum Gasteiger partial charge on any atom is -0.374 e. The van der Waals surface area contributed by atoms with Crippen molar-refractivity contribution in [1.29, 1.82) is 0 Å². The molecule has 0 aromatic heterocycles. The first-order chi connectivity index (χ1) is 9.25. The third-order valence-electron chi connectivity index (χ3n) is 4.87. The summed E-state index contributed by atoms with van der Waals surface area (Å²) in [6.45, 7) is 14.4. The predicted octanol–water partition coefficient (Wildman–Crippen LogP) is 3.52. The Hall–Kier alpha value is -0.120. The first-order valence-corrected chi connectivity index (χ1v) is 8.34. The van der Waals surface area contributed by atoms with Crippen LogP contribution in [0.25, 0.3) is 0 Å². The van der Waals surface area contributed by atoms with Gasteiger partial charge in [0.05, 0.1) is 23.4 Å². The summed E-state index contributed by atoms with van der Waals surface area (Å²) in [5.74, 6) is 0.513.